The molecule has 174 valence electrons. The van der Waals surface area contributed by atoms with E-state index in [9.17, 15) is 4.79 Å². The highest BCUT2D eigenvalue weighted by atomic mass is 16.6. The van der Waals surface area contributed by atoms with Crippen LogP contribution in [0.1, 0.15) is 22.4 Å². The van der Waals surface area contributed by atoms with E-state index >= 15 is 0 Å². The van der Waals surface area contributed by atoms with Crippen molar-refractivity contribution < 1.29 is 18.9 Å². The van der Waals surface area contributed by atoms with Gasteiger partial charge < -0.3 is 23.5 Å². The van der Waals surface area contributed by atoms with Gasteiger partial charge in [0.05, 0.1) is 12.3 Å². The summed E-state index contributed by atoms with van der Waals surface area (Å²) in [6.45, 7) is 5.73. The molecule has 0 bridgehead atoms. The molecule has 0 amide bonds. The number of hydrogen-bond donors (Lipinski definition) is 0. The van der Waals surface area contributed by atoms with Gasteiger partial charge in [-0.2, -0.15) is 0 Å². The molecule has 3 aromatic rings. The Morgan fingerprint density at radius 3 is 2.64 bits per heavy atom. The first-order valence-corrected chi connectivity index (χ1v) is 11.1. The number of pyridine rings is 2. The summed E-state index contributed by atoms with van der Waals surface area (Å²) in [7, 11) is 3.24. The number of aromatic nitrogens is 2. The van der Waals surface area contributed by atoms with Gasteiger partial charge in [0.1, 0.15) is 25.1 Å². The van der Waals surface area contributed by atoms with E-state index in [1.807, 2.05) is 44.3 Å². The van der Waals surface area contributed by atoms with Crippen molar-refractivity contribution in [3.63, 3.8) is 0 Å². The van der Waals surface area contributed by atoms with Gasteiger partial charge in [-0.15, -0.1) is 0 Å². The lowest BCUT2D eigenvalue weighted by atomic mass is 9.94. The number of nitrogens with zero attached hydrogens (tertiary/aromatic N) is 2. The fourth-order valence-corrected chi connectivity index (χ4v) is 4.05. The van der Waals surface area contributed by atoms with Crippen molar-refractivity contribution in [2.75, 3.05) is 27.4 Å². The highest BCUT2D eigenvalue weighted by molar-refractivity contribution is 5.70. The van der Waals surface area contributed by atoms with Gasteiger partial charge in [-0.25, -0.2) is 0 Å². The van der Waals surface area contributed by atoms with Crippen LogP contribution in [0.2, 0.25) is 0 Å². The maximum atomic E-state index is 12.7. The minimum Gasteiger partial charge on any atom is -0.489 e. The largest absolute Gasteiger partial charge is 0.489 e. The minimum absolute atomic E-state index is 0.0444. The third-order valence-corrected chi connectivity index (χ3v) is 5.93. The first-order valence-electron chi connectivity index (χ1n) is 11.1. The molecule has 0 radical (unpaired) electrons. The molecule has 0 saturated carbocycles. The van der Waals surface area contributed by atoms with Crippen molar-refractivity contribution in [2.45, 2.75) is 39.5 Å². The lowest BCUT2D eigenvalue weighted by molar-refractivity contribution is -0.000948. The summed E-state index contributed by atoms with van der Waals surface area (Å²) in [5, 5.41) is 0. The Kier molecular flexibility index (Phi) is 7.11. The van der Waals surface area contributed by atoms with Crippen LogP contribution in [0.4, 0.5) is 0 Å². The standard InChI is InChI=1S/C26H30N2O5/c1-17-5-6-19(13-27-17)14-32-21-7-8-23-20(11-21)9-10-28-25(12-24(29)18(2)26(23)28)33-16-22(31-4)15-30-3/h5-8,11-13,22H,9-10,14-16H2,1-4H3/t22-/m0/s1. The molecule has 0 spiro atoms. The normalized spacial score (nSPS) is 13.2. The minimum atomic E-state index is -0.207. The third-order valence-electron chi connectivity index (χ3n) is 5.93. The Balaban J connectivity index is 1.58. The average Bonchev–Trinajstić information content (AvgIpc) is 2.83. The van der Waals surface area contributed by atoms with Crippen molar-refractivity contribution in [1.82, 2.24) is 9.55 Å². The molecule has 3 heterocycles. The predicted molar refractivity (Wildman–Crippen MR) is 126 cm³/mol. The van der Waals surface area contributed by atoms with Crippen LogP contribution in [-0.2, 0) is 29.0 Å². The van der Waals surface area contributed by atoms with E-state index in [-0.39, 0.29) is 11.5 Å². The van der Waals surface area contributed by atoms with Gasteiger partial charge in [0.15, 0.2) is 11.3 Å². The molecule has 1 aromatic carbocycles. The second-order valence-electron chi connectivity index (χ2n) is 8.26. The third kappa shape index (κ3) is 5.10. The Labute approximate surface area is 193 Å². The van der Waals surface area contributed by atoms with Crippen molar-refractivity contribution in [1.29, 1.82) is 0 Å². The zero-order valence-electron chi connectivity index (χ0n) is 19.6. The van der Waals surface area contributed by atoms with Crippen LogP contribution in [0, 0.1) is 13.8 Å². The zero-order chi connectivity index (χ0) is 23.4. The summed E-state index contributed by atoms with van der Waals surface area (Å²) in [5.74, 6) is 1.36. The monoisotopic (exact) mass is 450 g/mol. The lowest BCUT2D eigenvalue weighted by Gasteiger charge is -2.27. The molecule has 0 unspecified atom stereocenters. The smallest absolute Gasteiger partial charge is 0.197 e. The van der Waals surface area contributed by atoms with Gasteiger partial charge >= 0.3 is 0 Å². The molecule has 1 atom stereocenters. The fourth-order valence-electron chi connectivity index (χ4n) is 4.05. The van der Waals surface area contributed by atoms with Crippen LogP contribution in [0.5, 0.6) is 11.6 Å². The van der Waals surface area contributed by atoms with Crippen molar-refractivity contribution in [3.8, 4) is 22.9 Å². The zero-order valence-corrected chi connectivity index (χ0v) is 19.6. The first-order chi connectivity index (χ1) is 16.0. The fraction of sp³-hybridized carbons (Fsp3) is 0.385. The van der Waals surface area contributed by atoms with Crippen LogP contribution in [0.3, 0.4) is 0 Å². The molecule has 4 rings (SSSR count). The number of hydrogen-bond acceptors (Lipinski definition) is 6. The van der Waals surface area contributed by atoms with Crippen LogP contribution in [-0.4, -0.2) is 43.1 Å². The Bertz CT molecular complexity index is 1170. The average molecular weight is 451 g/mol. The summed E-state index contributed by atoms with van der Waals surface area (Å²) in [4.78, 5) is 17.0. The van der Waals surface area contributed by atoms with Gasteiger partial charge in [0.25, 0.3) is 0 Å². The molecule has 0 aliphatic carbocycles. The van der Waals surface area contributed by atoms with Gasteiger partial charge in [-0.1, -0.05) is 6.07 Å². The summed E-state index contributed by atoms with van der Waals surface area (Å²) in [5.41, 5.74) is 5.76. The molecule has 1 aliphatic rings. The molecule has 0 saturated heterocycles. The SMILES string of the molecule is COC[C@@H](COc1cc(=O)c(C)c2n1CCc1cc(OCc3ccc(C)nc3)ccc1-2)OC. The van der Waals surface area contributed by atoms with E-state index < -0.39 is 0 Å². The molecule has 7 nitrogen and oxygen atoms in total. The predicted octanol–water partition coefficient (Wildman–Crippen LogP) is 3.70. The van der Waals surface area contributed by atoms with Gasteiger partial charge in [-0.3, -0.25) is 9.78 Å². The van der Waals surface area contributed by atoms with Gasteiger partial charge in [-0.05, 0) is 50.1 Å². The molecule has 2 aromatic heterocycles. The van der Waals surface area contributed by atoms with E-state index in [4.69, 9.17) is 18.9 Å². The summed E-state index contributed by atoms with van der Waals surface area (Å²) in [6, 6.07) is 11.6. The van der Waals surface area contributed by atoms with E-state index in [2.05, 4.69) is 15.6 Å². The topological polar surface area (TPSA) is 71.8 Å². The van der Waals surface area contributed by atoms with Crippen molar-refractivity contribution in [2.24, 2.45) is 0 Å². The lowest BCUT2D eigenvalue weighted by Crippen LogP contribution is -2.28. The molecule has 0 N–H and O–H groups in total. The first kappa shape index (κ1) is 23.0. The Morgan fingerprint density at radius 2 is 1.91 bits per heavy atom. The van der Waals surface area contributed by atoms with E-state index in [0.717, 1.165) is 40.2 Å². The van der Waals surface area contributed by atoms with Crippen molar-refractivity contribution >= 4 is 0 Å². The van der Waals surface area contributed by atoms with Crippen LogP contribution in [0.25, 0.3) is 11.3 Å². The molecule has 7 heteroatoms. The quantitative estimate of drug-likeness (QED) is 0.495. The number of rotatable bonds is 9. The molecule has 33 heavy (non-hydrogen) atoms. The maximum Gasteiger partial charge on any atom is 0.197 e. The van der Waals surface area contributed by atoms with Crippen LogP contribution in [0.15, 0.2) is 47.4 Å². The van der Waals surface area contributed by atoms with E-state index in [1.165, 1.54) is 0 Å². The van der Waals surface area contributed by atoms with Crippen LogP contribution < -0.4 is 14.9 Å². The summed E-state index contributed by atoms with van der Waals surface area (Å²) in [6.07, 6.45) is 2.44. The Morgan fingerprint density at radius 1 is 1.06 bits per heavy atom. The van der Waals surface area contributed by atoms with Gasteiger partial charge in [0.2, 0.25) is 0 Å². The molecular weight excluding hydrogens is 420 g/mol. The number of aryl methyl sites for hydroxylation is 2. The number of methoxy groups -OCH3 is 2. The molecule has 1 aliphatic heterocycles. The maximum absolute atomic E-state index is 12.7. The van der Waals surface area contributed by atoms with E-state index in [0.29, 0.717) is 37.8 Å². The Hall–Kier alpha value is -3.16. The number of fused-ring (bicyclic) bond motifs is 3. The highest BCUT2D eigenvalue weighted by Gasteiger charge is 2.23. The summed E-state index contributed by atoms with van der Waals surface area (Å²) >= 11 is 0. The second kappa shape index (κ2) is 10.2. The number of benzene rings is 1. The summed E-state index contributed by atoms with van der Waals surface area (Å²) < 4.78 is 24.6. The molecular formula is C26H30N2O5. The van der Waals surface area contributed by atoms with E-state index in [1.54, 1.807) is 20.3 Å². The highest BCUT2D eigenvalue weighted by Crippen LogP contribution is 2.35. The van der Waals surface area contributed by atoms with Crippen LogP contribution >= 0.6 is 0 Å². The second-order valence-corrected chi connectivity index (χ2v) is 8.26. The van der Waals surface area contributed by atoms with Crippen molar-refractivity contribution in [3.05, 3.63) is 75.2 Å². The molecule has 0 fully saturated rings. The van der Waals surface area contributed by atoms with Gasteiger partial charge in [0, 0.05) is 55.4 Å². The number of ether oxygens (including phenoxy) is 4.